The maximum absolute atomic E-state index is 12.8. The summed E-state index contributed by atoms with van der Waals surface area (Å²) in [6, 6.07) is 0. The molecule has 146 valence electrons. The molecule has 0 unspecified atom stereocenters. The molecule has 0 aromatic rings. The third-order valence-corrected chi connectivity index (χ3v) is 2.38. The number of hydrogen-bond donors (Lipinski definition) is 2. The van der Waals surface area contributed by atoms with Gasteiger partial charge in [-0.2, -0.15) is 57.1 Å². The fourth-order valence-electron chi connectivity index (χ4n) is 1.07. The van der Waals surface area contributed by atoms with E-state index in [2.05, 4.69) is 0 Å². The molecule has 3 nitrogen and oxygen atoms in total. The minimum Gasteiger partial charge on any atom is -0.477 e. The molecule has 0 fully saturated rings. The van der Waals surface area contributed by atoms with Gasteiger partial charge in [-0.15, -0.1) is 0 Å². The third-order valence-electron chi connectivity index (χ3n) is 2.38. The zero-order valence-electron chi connectivity index (χ0n) is 10.7. The monoisotopic (exact) mass is 395 g/mol. The molecule has 0 aliphatic carbocycles. The van der Waals surface area contributed by atoms with Crippen molar-refractivity contribution < 1.29 is 67.0 Å². The summed E-state index contributed by atoms with van der Waals surface area (Å²) in [6.07, 6.45) is -11.6. The molecule has 0 aromatic heterocycles. The van der Waals surface area contributed by atoms with Crippen molar-refractivity contribution in [3.63, 3.8) is 0 Å². The Morgan fingerprint density at radius 1 is 0.667 bits per heavy atom. The molecule has 0 saturated carbocycles. The molecule has 4 N–H and O–H groups in total. The van der Waals surface area contributed by atoms with Crippen LogP contribution in [0.5, 0.6) is 0 Å². The van der Waals surface area contributed by atoms with Crippen molar-refractivity contribution in [1.82, 2.24) is 6.15 Å². The summed E-state index contributed by atoms with van der Waals surface area (Å²) in [6.45, 7) is 0. The lowest BCUT2D eigenvalue weighted by atomic mass is 9.95. The molecule has 0 aliphatic rings. The first-order valence-electron chi connectivity index (χ1n) is 4.84. The van der Waals surface area contributed by atoms with Crippen LogP contribution in [0, 0.1) is 0 Å². The summed E-state index contributed by atoms with van der Waals surface area (Å²) in [5.74, 6) is -38.9. The number of halogens is 13. The topological polar surface area (TPSA) is 72.3 Å². The molecule has 0 aromatic carbocycles. The van der Waals surface area contributed by atoms with Crippen LogP contribution < -0.4 is 6.15 Å². The second-order valence-electron chi connectivity index (χ2n) is 4.11. The van der Waals surface area contributed by atoms with Gasteiger partial charge in [0.25, 0.3) is 0 Å². The lowest BCUT2D eigenvalue weighted by Gasteiger charge is -2.35. The first kappa shape index (κ1) is 24.8. The average molecular weight is 395 g/mol. The van der Waals surface area contributed by atoms with Gasteiger partial charge in [0.05, 0.1) is 6.42 Å². The van der Waals surface area contributed by atoms with E-state index >= 15 is 0 Å². The smallest absolute Gasteiger partial charge is 0.460 e. The molecule has 16 heteroatoms. The van der Waals surface area contributed by atoms with Crippen LogP contribution in [0.25, 0.3) is 0 Å². The molecule has 0 saturated heterocycles. The molecule has 24 heavy (non-hydrogen) atoms. The highest BCUT2D eigenvalue weighted by Crippen LogP contribution is 2.56. The highest BCUT2D eigenvalue weighted by atomic mass is 19.4. The van der Waals surface area contributed by atoms with Gasteiger partial charge >= 0.3 is 41.8 Å². The van der Waals surface area contributed by atoms with Crippen molar-refractivity contribution in [1.29, 1.82) is 0 Å². The molecular formula is C8H6F13NO2. The molecule has 0 spiro atoms. The highest BCUT2D eigenvalue weighted by Gasteiger charge is 2.83. The summed E-state index contributed by atoms with van der Waals surface area (Å²) in [5, 5.41) is 7.68. The van der Waals surface area contributed by atoms with E-state index in [0.717, 1.165) is 0 Å². The molecule has 0 radical (unpaired) electrons. The van der Waals surface area contributed by atoms with Crippen molar-refractivity contribution in [2.24, 2.45) is 0 Å². The molecule has 0 bridgehead atoms. The van der Waals surface area contributed by atoms with Gasteiger partial charge in [-0.1, -0.05) is 0 Å². The number of alkyl halides is 13. The van der Waals surface area contributed by atoms with Crippen molar-refractivity contribution >= 4 is 5.97 Å². The normalized spacial score (nSPS) is 15.0. The SMILES string of the molecule is N.O=C(O)C(F)(F)C(F)(F)CC(F)(F)C(F)(F)C(F)(F)C(F)(F)F. The Kier molecular flexibility index (Phi) is 6.30. The Morgan fingerprint density at radius 2 is 1.00 bits per heavy atom. The van der Waals surface area contributed by atoms with E-state index in [1.807, 2.05) is 0 Å². The third kappa shape index (κ3) is 3.61. The number of hydrogen-bond acceptors (Lipinski definition) is 2. The fraction of sp³-hybridized carbons (Fsp3) is 0.875. The minimum atomic E-state index is -7.56. The van der Waals surface area contributed by atoms with E-state index in [9.17, 15) is 61.9 Å². The van der Waals surface area contributed by atoms with Crippen LogP contribution in [0.4, 0.5) is 57.1 Å². The number of carbonyl (C=O) groups is 1. The maximum atomic E-state index is 12.8. The lowest BCUT2D eigenvalue weighted by Crippen LogP contribution is -2.63. The van der Waals surface area contributed by atoms with E-state index in [0.29, 0.717) is 0 Å². The Morgan fingerprint density at radius 3 is 1.25 bits per heavy atom. The second kappa shape index (κ2) is 6.11. The summed E-state index contributed by atoms with van der Waals surface area (Å²) in [7, 11) is 0. The van der Waals surface area contributed by atoms with E-state index in [1.54, 1.807) is 0 Å². The minimum absolute atomic E-state index is 0. The Labute approximate surface area is 123 Å². The molecular weight excluding hydrogens is 389 g/mol. The molecule has 0 aliphatic heterocycles. The van der Waals surface area contributed by atoms with Crippen molar-refractivity contribution in [2.75, 3.05) is 0 Å². The summed E-state index contributed by atoms with van der Waals surface area (Å²) in [4.78, 5) is 9.77. The van der Waals surface area contributed by atoms with E-state index < -0.39 is 48.2 Å². The van der Waals surface area contributed by atoms with Crippen molar-refractivity contribution in [2.45, 2.75) is 42.2 Å². The quantitative estimate of drug-likeness (QED) is 0.657. The zero-order valence-corrected chi connectivity index (χ0v) is 10.7. The molecule has 0 amide bonds. The Hall–Kier alpha value is -1.48. The summed E-state index contributed by atoms with van der Waals surface area (Å²) in [5.41, 5.74) is 0. The van der Waals surface area contributed by atoms with Gasteiger partial charge in [0, 0.05) is 0 Å². The van der Waals surface area contributed by atoms with Gasteiger partial charge in [-0.25, -0.2) is 4.79 Å². The predicted octanol–water partition coefficient (Wildman–Crippen LogP) is 4.36. The molecule has 0 atom stereocenters. The number of carboxylic acids is 1. The van der Waals surface area contributed by atoms with Gasteiger partial charge in [-0.05, 0) is 0 Å². The maximum Gasteiger partial charge on any atom is 0.460 e. The number of aliphatic carboxylic acids is 1. The van der Waals surface area contributed by atoms with Crippen LogP contribution in [0.3, 0.4) is 0 Å². The van der Waals surface area contributed by atoms with Crippen LogP contribution in [0.1, 0.15) is 6.42 Å². The first-order chi connectivity index (χ1) is 9.65. The predicted molar refractivity (Wildman–Crippen MR) is 48.1 cm³/mol. The number of rotatable bonds is 6. The van der Waals surface area contributed by atoms with Gasteiger partial charge in [-0.3, -0.25) is 0 Å². The van der Waals surface area contributed by atoms with E-state index in [-0.39, 0.29) is 6.15 Å². The molecule has 0 rings (SSSR count). The lowest BCUT2D eigenvalue weighted by molar-refractivity contribution is -0.403. The van der Waals surface area contributed by atoms with Crippen molar-refractivity contribution in [3.8, 4) is 0 Å². The van der Waals surface area contributed by atoms with E-state index in [1.165, 1.54) is 0 Å². The largest absolute Gasteiger partial charge is 0.477 e. The Balaban J connectivity index is 0. The standard InChI is InChI=1S/C8H3F13O2.H3N/c9-3(10,5(13,14)2(22)23)1-4(11,12)6(15,16)7(17,18)8(19,20)21;/h1H2,(H,22,23);1H3. The van der Waals surface area contributed by atoms with Gasteiger partial charge in [0.2, 0.25) is 0 Å². The van der Waals surface area contributed by atoms with Crippen LogP contribution in [-0.2, 0) is 4.79 Å². The molecule has 0 heterocycles. The van der Waals surface area contributed by atoms with Gasteiger partial charge < -0.3 is 11.3 Å². The second-order valence-corrected chi connectivity index (χ2v) is 4.11. The average Bonchev–Trinajstić information content (AvgIpc) is 2.24. The summed E-state index contributed by atoms with van der Waals surface area (Å²) >= 11 is 0. The van der Waals surface area contributed by atoms with Crippen molar-refractivity contribution in [3.05, 3.63) is 0 Å². The van der Waals surface area contributed by atoms with Crippen LogP contribution >= 0.6 is 0 Å². The summed E-state index contributed by atoms with van der Waals surface area (Å²) < 4.78 is 161. The number of carboxylic acid groups (broad SMARTS) is 1. The van der Waals surface area contributed by atoms with E-state index in [4.69, 9.17) is 5.11 Å². The fourth-order valence-corrected chi connectivity index (χ4v) is 1.07. The van der Waals surface area contributed by atoms with Gasteiger partial charge in [0.1, 0.15) is 0 Å². The van der Waals surface area contributed by atoms with Crippen LogP contribution in [-0.4, -0.2) is 46.9 Å². The first-order valence-corrected chi connectivity index (χ1v) is 4.84. The highest BCUT2D eigenvalue weighted by molar-refractivity contribution is 5.76. The van der Waals surface area contributed by atoms with Crippen LogP contribution in [0.2, 0.25) is 0 Å². The Bertz CT molecular complexity index is 469. The van der Waals surface area contributed by atoms with Crippen LogP contribution in [0.15, 0.2) is 0 Å². The zero-order chi connectivity index (χ0) is 19.3. The van der Waals surface area contributed by atoms with Gasteiger partial charge in [0.15, 0.2) is 0 Å².